The fraction of sp³-hybridized carbons (Fsp3) is 0.588. The number of hydrogen-bond donors (Lipinski definition) is 2. The highest BCUT2D eigenvalue weighted by Crippen LogP contribution is 2.21. The lowest BCUT2D eigenvalue weighted by molar-refractivity contribution is -0.118. The number of piperazine rings is 1. The highest BCUT2D eigenvalue weighted by Gasteiger charge is 2.09. The zero-order valence-electron chi connectivity index (χ0n) is 13.8. The van der Waals surface area contributed by atoms with E-state index in [1.807, 2.05) is 31.2 Å². The number of ether oxygens (including phenoxy) is 1. The van der Waals surface area contributed by atoms with Crippen LogP contribution in [-0.2, 0) is 4.79 Å². The maximum atomic E-state index is 11.9. The van der Waals surface area contributed by atoms with Gasteiger partial charge in [-0.05, 0) is 44.2 Å². The van der Waals surface area contributed by atoms with E-state index in [1.165, 1.54) is 0 Å². The van der Waals surface area contributed by atoms with Crippen LogP contribution < -0.4 is 15.4 Å². The second-order valence-electron chi connectivity index (χ2n) is 5.49. The van der Waals surface area contributed by atoms with Crippen LogP contribution in [0.3, 0.4) is 0 Å². The molecule has 1 amide bonds. The average molecular weight is 337 g/mol. The molecule has 0 atom stereocenters. The Morgan fingerprint density at radius 2 is 2.04 bits per heavy atom. The molecule has 1 heterocycles. The number of carbonyl (C=O) groups is 1. The predicted octanol–water partition coefficient (Wildman–Crippen LogP) is 1.59. The number of rotatable bonds is 9. The second kappa shape index (κ2) is 10.5. The minimum atomic E-state index is 0.101. The zero-order valence-corrected chi connectivity index (χ0v) is 14.7. The van der Waals surface area contributed by atoms with Gasteiger partial charge in [0.2, 0.25) is 5.91 Å². The maximum Gasteiger partial charge on any atom is 0.230 e. The highest BCUT2D eigenvalue weighted by molar-refractivity contribution is 8.00. The van der Waals surface area contributed by atoms with Gasteiger partial charge in [-0.25, -0.2) is 0 Å². The Bertz CT molecular complexity index is 461. The Hall–Kier alpha value is -1.24. The van der Waals surface area contributed by atoms with E-state index in [4.69, 9.17) is 4.74 Å². The summed E-state index contributed by atoms with van der Waals surface area (Å²) in [5, 5.41) is 6.34. The van der Waals surface area contributed by atoms with Crippen molar-refractivity contribution >= 4 is 17.7 Å². The van der Waals surface area contributed by atoms with E-state index in [0.29, 0.717) is 12.4 Å². The third-order valence-corrected chi connectivity index (χ3v) is 4.70. The lowest BCUT2D eigenvalue weighted by atomic mass is 10.3. The third kappa shape index (κ3) is 7.24. The van der Waals surface area contributed by atoms with Gasteiger partial charge in [0, 0.05) is 37.6 Å². The summed E-state index contributed by atoms with van der Waals surface area (Å²) in [6, 6.07) is 7.87. The van der Waals surface area contributed by atoms with Crippen molar-refractivity contribution in [2.75, 3.05) is 51.6 Å². The SMILES string of the molecule is CCOc1ccc(SCC(=O)NCCCN2CCNCC2)cc1. The molecule has 0 saturated carbocycles. The summed E-state index contributed by atoms with van der Waals surface area (Å²) < 4.78 is 5.41. The summed E-state index contributed by atoms with van der Waals surface area (Å²) in [6.07, 6.45) is 1.01. The van der Waals surface area contributed by atoms with Crippen molar-refractivity contribution in [3.8, 4) is 5.75 Å². The van der Waals surface area contributed by atoms with E-state index < -0.39 is 0 Å². The summed E-state index contributed by atoms with van der Waals surface area (Å²) in [4.78, 5) is 15.4. The number of benzene rings is 1. The summed E-state index contributed by atoms with van der Waals surface area (Å²) >= 11 is 1.56. The zero-order chi connectivity index (χ0) is 16.3. The summed E-state index contributed by atoms with van der Waals surface area (Å²) in [5.41, 5.74) is 0. The maximum absolute atomic E-state index is 11.9. The van der Waals surface area contributed by atoms with E-state index in [9.17, 15) is 4.79 Å². The van der Waals surface area contributed by atoms with Crippen molar-refractivity contribution in [1.29, 1.82) is 0 Å². The fourth-order valence-corrected chi connectivity index (χ4v) is 3.19. The molecule has 2 N–H and O–H groups in total. The third-order valence-electron chi connectivity index (χ3n) is 3.69. The van der Waals surface area contributed by atoms with E-state index in [2.05, 4.69) is 15.5 Å². The van der Waals surface area contributed by atoms with Crippen LogP contribution in [0.4, 0.5) is 0 Å². The minimum absolute atomic E-state index is 0.101. The van der Waals surface area contributed by atoms with Crippen LogP contribution in [0, 0.1) is 0 Å². The largest absolute Gasteiger partial charge is 0.494 e. The van der Waals surface area contributed by atoms with Gasteiger partial charge in [-0.1, -0.05) is 0 Å². The van der Waals surface area contributed by atoms with E-state index in [0.717, 1.165) is 56.3 Å². The molecule has 1 aromatic carbocycles. The van der Waals surface area contributed by atoms with Crippen molar-refractivity contribution in [2.45, 2.75) is 18.2 Å². The number of nitrogens with zero attached hydrogens (tertiary/aromatic N) is 1. The van der Waals surface area contributed by atoms with Gasteiger partial charge < -0.3 is 20.3 Å². The number of hydrogen-bond acceptors (Lipinski definition) is 5. The fourth-order valence-electron chi connectivity index (χ4n) is 2.46. The lowest BCUT2D eigenvalue weighted by Gasteiger charge is -2.27. The van der Waals surface area contributed by atoms with Crippen LogP contribution in [0.25, 0.3) is 0 Å². The number of thioether (sulfide) groups is 1. The van der Waals surface area contributed by atoms with Crippen LogP contribution in [0.5, 0.6) is 5.75 Å². The van der Waals surface area contributed by atoms with Crippen molar-refractivity contribution in [1.82, 2.24) is 15.5 Å². The first-order valence-electron chi connectivity index (χ1n) is 8.33. The van der Waals surface area contributed by atoms with Gasteiger partial charge >= 0.3 is 0 Å². The van der Waals surface area contributed by atoms with Gasteiger partial charge in [0.1, 0.15) is 5.75 Å². The van der Waals surface area contributed by atoms with Crippen molar-refractivity contribution < 1.29 is 9.53 Å². The molecule has 6 heteroatoms. The molecular weight excluding hydrogens is 310 g/mol. The number of carbonyl (C=O) groups excluding carboxylic acids is 1. The molecule has 1 aromatic rings. The number of amides is 1. The molecule has 1 fully saturated rings. The van der Waals surface area contributed by atoms with Gasteiger partial charge in [-0.2, -0.15) is 0 Å². The molecule has 0 bridgehead atoms. The standard InChI is InChI=1S/C17H27N3O2S/c1-2-22-15-4-6-16(7-5-15)23-14-17(21)19-8-3-11-20-12-9-18-10-13-20/h4-7,18H,2-3,8-14H2,1H3,(H,19,21). The summed E-state index contributed by atoms with van der Waals surface area (Å²) in [6.45, 7) is 8.83. The molecule has 0 radical (unpaired) electrons. The Morgan fingerprint density at radius 1 is 1.30 bits per heavy atom. The highest BCUT2D eigenvalue weighted by atomic mass is 32.2. The first-order chi connectivity index (χ1) is 11.3. The van der Waals surface area contributed by atoms with E-state index >= 15 is 0 Å². The molecule has 0 aromatic heterocycles. The van der Waals surface area contributed by atoms with Crippen LogP contribution in [0.15, 0.2) is 29.2 Å². The van der Waals surface area contributed by atoms with Gasteiger partial charge in [-0.15, -0.1) is 11.8 Å². The van der Waals surface area contributed by atoms with E-state index in [-0.39, 0.29) is 5.91 Å². The van der Waals surface area contributed by atoms with Crippen molar-refractivity contribution in [3.63, 3.8) is 0 Å². The minimum Gasteiger partial charge on any atom is -0.494 e. The molecule has 23 heavy (non-hydrogen) atoms. The smallest absolute Gasteiger partial charge is 0.230 e. The predicted molar refractivity (Wildman–Crippen MR) is 95.3 cm³/mol. The Morgan fingerprint density at radius 3 is 2.74 bits per heavy atom. The van der Waals surface area contributed by atoms with Crippen LogP contribution in [-0.4, -0.2) is 62.4 Å². The first kappa shape index (κ1) is 18.1. The summed E-state index contributed by atoms with van der Waals surface area (Å²) in [7, 11) is 0. The molecular formula is C17H27N3O2S. The normalized spacial score (nSPS) is 15.3. The van der Waals surface area contributed by atoms with Crippen LogP contribution >= 0.6 is 11.8 Å². The van der Waals surface area contributed by atoms with Gasteiger partial charge in [0.15, 0.2) is 0 Å². The molecule has 5 nitrogen and oxygen atoms in total. The molecule has 2 rings (SSSR count). The quantitative estimate of drug-likeness (QED) is 0.529. The molecule has 1 aliphatic heterocycles. The lowest BCUT2D eigenvalue weighted by Crippen LogP contribution is -2.44. The van der Waals surface area contributed by atoms with Gasteiger partial charge in [0.25, 0.3) is 0 Å². The molecule has 128 valence electrons. The molecule has 1 aliphatic rings. The Labute approximate surface area is 143 Å². The molecule has 0 spiro atoms. The van der Waals surface area contributed by atoms with Crippen LogP contribution in [0.2, 0.25) is 0 Å². The molecule has 1 saturated heterocycles. The average Bonchev–Trinajstić information content (AvgIpc) is 2.59. The van der Waals surface area contributed by atoms with Gasteiger partial charge in [0.05, 0.1) is 12.4 Å². The number of nitrogens with one attached hydrogen (secondary N) is 2. The topological polar surface area (TPSA) is 53.6 Å². The van der Waals surface area contributed by atoms with Crippen LogP contribution in [0.1, 0.15) is 13.3 Å². The Kier molecular flexibility index (Phi) is 8.28. The van der Waals surface area contributed by atoms with Crippen molar-refractivity contribution in [3.05, 3.63) is 24.3 Å². The molecule has 0 unspecified atom stereocenters. The summed E-state index contributed by atoms with van der Waals surface area (Å²) in [5.74, 6) is 1.43. The monoisotopic (exact) mass is 337 g/mol. The first-order valence-corrected chi connectivity index (χ1v) is 9.32. The van der Waals surface area contributed by atoms with Gasteiger partial charge in [-0.3, -0.25) is 4.79 Å². The van der Waals surface area contributed by atoms with E-state index in [1.54, 1.807) is 11.8 Å². The van der Waals surface area contributed by atoms with Crippen molar-refractivity contribution in [2.24, 2.45) is 0 Å². The molecule has 0 aliphatic carbocycles. The Balaban J connectivity index is 1.55. The second-order valence-corrected chi connectivity index (χ2v) is 6.54.